The Hall–Kier alpha value is -1.74. The van der Waals surface area contributed by atoms with Crippen molar-refractivity contribution in [1.82, 2.24) is 15.3 Å². The topological polar surface area (TPSA) is 37.8 Å². The summed E-state index contributed by atoms with van der Waals surface area (Å²) in [5.74, 6) is 0.830. The third kappa shape index (κ3) is 3.42. The molecule has 0 amide bonds. The van der Waals surface area contributed by atoms with E-state index in [4.69, 9.17) is 0 Å². The molecule has 0 fully saturated rings. The standard InChI is InChI=1S/C17H23N3/c1-5-18-10-9-16-13(3)19-17(20-14(16)4)15-8-6-7-12(2)11-15/h6-8,11,18H,5,9-10H2,1-4H3. The predicted octanol–water partition coefficient (Wildman–Crippen LogP) is 3.22. The lowest BCUT2D eigenvalue weighted by Gasteiger charge is -2.11. The van der Waals surface area contributed by atoms with E-state index in [-0.39, 0.29) is 0 Å². The fourth-order valence-corrected chi connectivity index (χ4v) is 2.40. The van der Waals surface area contributed by atoms with Crippen LogP contribution in [0.3, 0.4) is 0 Å². The third-order valence-electron chi connectivity index (χ3n) is 3.50. The number of nitrogens with zero attached hydrogens (tertiary/aromatic N) is 2. The van der Waals surface area contributed by atoms with Crippen LogP contribution in [0.4, 0.5) is 0 Å². The Bertz CT molecular complexity index is 568. The second-order valence-corrected chi connectivity index (χ2v) is 5.17. The monoisotopic (exact) mass is 269 g/mol. The first kappa shape index (κ1) is 14.7. The van der Waals surface area contributed by atoms with Crippen LogP contribution in [0.15, 0.2) is 24.3 Å². The van der Waals surface area contributed by atoms with E-state index in [0.29, 0.717) is 0 Å². The van der Waals surface area contributed by atoms with Crippen molar-refractivity contribution in [2.24, 2.45) is 0 Å². The van der Waals surface area contributed by atoms with Crippen LogP contribution in [-0.4, -0.2) is 23.1 Å². The van der Waals surface area contributed by atoms with Gasteiger partial charge in [-0.2, -0.15) is 0 Å². The number of rotatable bonds is 5. The lowest BCUT2D eigenvalue weighted by Crippen LogP contribution is -2.17. The second kappa shape index (κ2) is 6.62. The van der Waals surface area contributed by atoms with Gasteiger partial charge in [-0.25, -0.2) is 9.97 Å². The van der Waals surface area contributed by atoms with Crippen molar-refractivity contribution in [3.63, 3.8) is 0 Å². The largest absolute Gasteiger partial charge is 0.317 e. The first-order chi connectivity index (χ1) is 9.61. The van der Waals surface area contributed by atoms with Crippen molar-refractivity contribution in [2.45, 2.75) is 34.1 Å². The van der Waals surface area contributed by atoms with E-state index in [2.05, 4.69) is 67.2 Å². The molecule has 0 radical (unpaired) electrons. The van der Waals surface area contributed by atoms with Gasteiger partial charge < -0.3 is 5.32 Å². The number of benzene rings is 1. The van der Waals surface area contributed by atoms with Crippen molar-refractivity contribution < 1.29 is 0 Å². The number of hydrogen-bond acceptors (Lipinski definition) is 3. The van der Waals surface area contributed by atoms with Gasteiger partial charge in [-0.05, 0) is 51.9 Å². The van der Waals surface area contributed by atoms with Gasteiger partial charge in [0.1, 0.15) is 0 Å². The second-order valence-electron chi connectivity index (χ2n) is 5.17. The van der Waals surface area contributed by atoms with Gasteiger partial charge in [0.2, 0.25) is 0 Å². The summed E-state index contributed by atoms with van der Waals surface area (Å²) in [4.78, 5) is 9.37. The van der Waals surface area contributed by atoms with E-state index >= 15 is 0 Å². The van der Waals surface area contributed by atoms with Gasteiger partial charge in [-0.3, -0.25) is 0 Å². The smallest absolute Gasteiger partial charge is 0.159 e. The van der Waals surface area contributed by atoms with Gasteiger partial charge in [-0.1, -0.05) is 30.7 Å². The minimum atomic E-state index is 0.830. The van der Waals surface area contributed by atoms with Crippen molar-refractivity contribution in [1.29, 1.82) is 0 Å². The van der Waals surface area contributed by atoms with Gasteiger partial charge in [-0.15, -0.1) is 0 Å². The van der Waals surface area contributed by atoms with Crippen LogP contribution in [0.5, 0.6) is 0 Å². The summed E-state index contributed by atoms with van der Waals surface area (Å²) in [7, 11) is 0. The molecule has 0 aliphatic rings. The van der Waals surface area contributed by atoms with E-state index < -0.39 is 0 Å². The molecule has 2 rings (SSSR count). The molecule has 0 bridgehead atoms. The summed E-state index contributed by atoms with van der Waals surface area (Å²) in [6.07, 6.45) is 0.986. The summed E-state index contributed by atoms with van der Waals surface area (Å²) in [6, 6.07) is 8.35. The maximum Gasteiger partial charge on any atom is 0.159 e. The zero-order valence-corrected chi connectivity index (χ0v) is 12.8. The van der Waals surface area contributed by atoms with Crippen molar-refractivity contribution >= 4 is 0 Å². The zero-order chi connectivity index (χ0) is 14.5. The Balaban J connectivity index is 2.30. The molecule has 3 nitrogen and oxygen atoms in total. The molecule has 0 atom stereocenters. The molecule has 20 heavy (non-hydrogen) atoms. The summed E-state index contributed by atoms with van der Waals surface area (Å²) in [5.41, 5.74) is 5.77. The Labute approximate surface area is 121 Å². The maximum absolute atomic E-state index is 4.69. The summed E-state index contributed by atoms with van der Waals surface area (Å²) >= 11 is 0. The average molecular weight is 269 g/mol. The first-order valence-corrected chi connectivity index (χ1v) is 7.23. The molecule has 106 valence electrons. The fraction of sp³-hybridized carbons (Fsp3) is 0.412. The van der Waals surface area contributed by atoms with Crippen LogP contribution in [0, 0.1) is 20.8 Å². The van der Waals surface area contributed by atoms with Gasteiger partial charge in [0, 0.05) is 17.0 Å². The normalized spacial score (nSPS) is 10.8. The number of nitrogens with one attached hydrogen (secondary N) is 1. The van der Waals surface area contributed by atoms with Gasteiger partial charge >= 0.3 is 0 Å². The number of likely N-dealkylation sites (N-methyl/N-ethyl adjacent to an activating group) is 1. The van der Waals surface area contributed by atoms with Crippen LogP contribution >= 0.6 is 0 Å². The first-order valence-electron chi connectivity index (χ1n) is 7.23. The summed E-state index contributed by atoms with van der Waals surface area (Å²) < 4.78 is 0. The SMILES string of the molecule is CCNCCc1c(C)nc(-c2cccc(C)c2)nc1C. The number of hydrogen-bond donors (Lipinski definition) is 1. The molecule has 0 aliphatic heterocycles. The molecule has 1 heterocycles. The molecule has 0 unspecified atom stereocenters. The molecule has 3 heteroatoms. The molecular formula is C17H23N3. The molecule has 1 aromatic carbocycles. The lowest BCUT2D eigenvalue weighted by atomic mass is 10.1. The highest BCUT2D eigenvalue weighted by molar-refractivity contribution is 5.56. The molecule has 2 aromatic rings. The Morgan fingerprint density at radius 2 is 1.75 bits per heavy atom. The van der Waals surface area contributed by atoms with Crippen molar-refractivity contribution in [2.75, 3.05) is 13.1 Å². The van der Waals surface area contributed by atoms with E-state index in [0.717, 1.165) is 42.3 Å². The fourth-order valence-electron chi connectivity index (χ4n) is 2.40. The van der Waals surface area contributed by atoms with Crippen LogP contribution in [0.25, 0.3) is 11.4 Å². The van der Waals surface area contributed by atoms with E-state index in [9.17, 15) is 0 Å². The van der Waals surface area contributed by atoms with E-state index in [1.807, 2.05) is 0 Å². The lowest BCUT2D eigenvalue weighted by molar-refractivity contribution is 0.708. The van der Waals surface area contributed by atoms with Crippen LogP contribution in [0.1, 0.15) is 29.4 Å². The highest BCUT2D eigenvalue weighted by Gasteiger charge is 2.09. The average Bonchev–Trinajstić information content (AvgIpc) is 2.41. The van der Waals surface area contributed by atoms with Crippen LogP contribution in [0.2, 0.25) is 0 Å². The summed E-state index contributed by atoms with van der Waals surface area (Å²) in [5, 5.41) is 3.35. The Morgan fingerprint density at radius 3 is 2.35 bits per heavy atom. The molecule has 1 aromatic heterocycles. The molecule has 0 spiro atoms. The molecule has 0 saturated heterocycles. The van der Waals surface area contributed by atoms with E-state index in [1.54, 1.807) is 0 Å². The predicted molar refractivity (Wildman–Crippen MR) is 83.9 cm³/mol. The Morgan fingerprint density at radius 1 is 1.05 bits per heavy atom. The van der Waals surface area contributed by atoms with Crippen molar-refractivity contribution in [3.05, 3.63) is 46.8 Å². The van der Waals surface area contributed by atoms with Crippen LogP contribution in [-0.2, 0) is 6.42 Å². The molecule has 1 N–H and O–H groups in total. The minimum Gasteiger partial charge on any atom is -0.317 e. The quantitative estimate of drug-likeness (QED) is 0.847. The Kier molecular flexibility index (Phi) is 4.85. The highest BCUT2D eigenvalue weighted by Crippen LogP contribution is 2.20. The minimum absolute atomic E-state index is 0.830. The van der Waals surface area contributed by atoms with Gasteiger partial charge in [0.15, 0.2) is 5.82 Å². The van der Waals surface area contributed by atoms with Crippen molar-refractivity contribution in [3.8, 4) is 11.4 Å². The molecule has 0 saturated carbocycles. The third-order valence-corrected chi connectivity index (χ3v) is 3.50. The number of aromatic nitrogens is 2. The maximum atomic E-state index is 4.69. The number of aryl methyl sites for hydroxylation is 3. The zero-order valence-electron chi connectivity index (χ0n) is 12.8. The van der Waals surface area contributed by atoms with Gasteiger partial charge in [0.25, 0.3) is 0 Å². The molecule has 0 aliphatic carbocycles. The van der Waals surface area contributed by atoms with Gasteiger partial charge in [0.05, 0.1) is 0 Å². The van der Waals surface area contributed by atoms with E-state index in [1.165, 1.54) is 11.1 Å². The highest BCUT2D eigenvalue weighted by atomic mass is 14.9. The molecular weight excluding hydrogens is 246 g/mol. The van der Waals surface area contributed by atoms with Crippen LogP contribution < -0.4 is 5.32 Å². The summed E-state index contributed by atoms with van der Waals surface area (Å²) in [6.45, 7) is 10.3.